The highest BCUT2D eigenvalue weighted by molar-refractivity contribution is 5.99. The molecule has 0 aliphatic carbocycles. The number of rotatable bonds is 4. The third-order valence-electron chi connectivity index (χ3n) is 3.95. The lowest BCUT2D eigenvalue weighted by Gasteiger charge is -2.27. The number of urea groups is 1. The van der Waals surface area contributed by atoms with Crippen LogP contribution in [0.3, 0.4) is 0 Å². The average Bonchev–Trinajstić information content (AvgIpc) is 2.60. The standard InChI is InChI=1S/C20H21N3O/c1-15(2)23(14-16-8-4-3-5-9-16)20(24)22-18-12-6-10-17-11-7-13-21-19(17)18/h3-13,15H,14H2,1-2H3,(H,22,24). The van der Waals surface area contributed by atoms with Gasteiger partial charge in [-0.3, -0.25) is 4.98 Å². The van der Waals surface area contributed by atoms with Crippen molar-refractivity contribution < 1.29 is 4.79 Å². The number of anilines is 1. The summed E-state index contributed by atoms with van der Waals surface area (Å²) in [5.41, 5.74) is 2.64. The minimum absolute atomic E-state index is 0.0909. The minimum Gasteiger partial charge on any atom is -0.318 e. The van der Waals surface area contributed by atoms with E-state index < -0.39 is 0 Å². The van der Waals surface area contributed by atoms with Crippen molar-refractivity contribution >= 4 is 22.6 Å². The van der Waals surface area contributed by atoms with Crippen LogP contribution in [0.2, 0.25) is 0 Å². The van der Waals surface area contributed by atoms with Crippen molar-refractivity contribution in [2.45, 2.75) is 26.4 Å². The number of nitrogens with one attached hydrogen (secondary N) is 1. The molecular weight excluding hydrogens is 298 g/mol. The lowest BCUT2D eigenvalue weighted by molar-refractivity contribution is 0.193. The summed E-state index contributed by atoms with van der Waals surface area (Å²) in [6.45, 7) is 4.61. The number of para-hydroxylation sites is 1. The molecular formula is C20H21N3O. The molecule has 2 amide bonds. The van der Waals surface area contributed by atoms with Crippen LogP contribution in [0.15, 0.2) is 66.9 Å². The van der Waals surface area contributed by atoms with Gasteiger partial charge in [0.1, 0.15) is 0 Å². The van der Waals surface area contributed by atoms with Gasteiger partial charge in [0.25, 0.3) is 0 Å². The number of carbonyl (C=O) groups excluding carboxylic acids is 1. The van der Waals surface area contributed by atoms with Crippen molar-refractivity contribution in [3.63, 3.8) is 0 Å². The van der Waals surface area contributed by atoms with Crippen LogP contribution in [0.1, 0.15) is 19.4 Å². The molecule has 4 nitrogen and oxygen atoms in total. The first-order valence-electron chi connectivity index (χ1n) is 8.10. The number of hydrogen-bond donors (Lipinski definition) is 1. The maximum absolute atomic E-state index is 12.8. The third kappa shape index (κ3) is 3.54. The van der Waals surface area contributed by atoms with E-state index in [1.807, 2.05) is 79.4 Å². The van der Waals surface area contributed by atoms with Gasteiger partial charge in [0, 0.05) is 24.2 Å². The average molecular weight is 319 g/mol. The number of benzene rings is 2. The Hall–Kier alpha value is -2.88. The number of aromatic nitrogens is 1. The summed E-state index contributed by atoms with van der Waals surface area (Å²) in [4.78, 5) is 19.0. The van der Waals surface area contributed by atoms with E-state index in [9.17, 15) is 4.79 Å². The van der Waals surface area contributed by atoms with Gasteiger partial charge in [0.2, 0.25) is 0 Å². The molecule has 0 saturated heterocycles. The van der Waals surface area contributed by atoms with E-state index in [0.29, 0.717) is 6.54 Å². The molecule has 0 atom stereocenters. The summed E-state index contributed by atoms with van der Waals surface area (Å²) in [6.07, 6.45) is 1.74. The van der Waals surface area contributed by atoms with Crippen LogP contribution in [0.25, 0.3) is 10.9 Å². The van der Waals surface area contributed by atoms with Gasteiger partial charge in [0.05, 0.1) is 11.2 Å². The summed E-state index contributed by atoms with van der Waals surface area (Å²) in [7, 11) is 0. The van der Waals surface area contributed by atoms with Crippen LogP contribution in [0, 0.1) is 0 Å². The molecule has 0 fully saturated rings. The third-order valence-corrected chi connectivity index (χ3v) is 3.95. The molecule has 0 aliphatic rings. The van der Waals surface area contributed by atoms with Gasteiger partial charge >= 0.3 is 6.03 Å². The summed E-state index contributed by atoms with van der Waals surface area (Å²) in [5.74, 6) is 0. The van der Waals surface area contributed by atoms with E-state index in [-0.39, 0.29) is 12.1 Å². The van der Waals surface area contributed by atoms with E-state index >= 15 is 0 Å². The van der Waals surface area contributed by atoms with Crippen molar-refractivity contribution in [2.75, 3.05) is 5.32 Å². The van der Waals surface area contributed by atoms with Crippen molar-refractivity contribution in [1.82, 2.24) is 9.88 Å². The van der Waals surface area contributed by atoms with Crippen LogP contribution >= 0.6 is 0 Å². The van der Waals surface area contributed by atoms with Gasteiger partial charge in [-0.05, 0) is 31.5 Å². The first-order valence-corrected chi connectivity index (χ1v) is 8.10. The molecule has 1 heterocycles. The second-order valence-electron chi connectivity index (χ2n) is 6.02. The zero-order valence-electron chi connectivity index (χ0n) is 13.9. The Morgan fingerprint density at radius 1 is 1.04 bits per heavy atom. The van der Waals surface area contributed by atoms with Crippen molar-refractivity contribution in [2.24, 2.45) is 0 Å². The van der Waals surface area contributed by atoms with Crippen molar-refractivity contribution in [1.29, 1.82) is 0 Å². The number of nitrogens with zero attached hydrogens (tertiary/aromatic N) is 2. The molecule has 3 rings (SSSR count). The molecule has 1 N–H and O–H groups in total. The molecule has 4 heteroatoms. The molecule has 122 valence electrons. The van der Waals surface area contributed by atoms with E-state index in [1.165, 1.54) is 0 Å². The molecule has 0 bridgehead atoms. The lowest BCUT2D eigenvalue weighted by atomic mass is 10.2. The minimum atomic E-state index is -0.119. The highest BCUT2D eigenvalue weighted by Crippen LogP contribution is 2.21. The molecule has 0 aliphatic heterocycles. The Morgan fingerprint density at radius 3 is 2.54 bits per heavy atom. The Kier molecular flexibility index (Phi) is 4.75. The fourth-order valence-electron chi connectivity index (χ4n) is 2.66. The first-order chi connectivity index (χ1) is 11.6. The zero-order chi connectivity index (χ0) is 16.9. The Bertz CT molecular complexity index is 825. The Morgan fingerprint density at radius 2 is 1.79 bits per heavy atom. The second-order valence-corrected chi connectivity index (χ2v) is 6.02. The number of pyridine rings is 1. The Labute approximate surface area is 142 Å². The predicted molar refractivity (Wildman–Crippen MR) is 97.9 cm³/mol. The maximum Gasteiger partial charge on any atom is 0.322 e. The van der Waals surface area contributed by atoms with Gasteiger partial charge in [0.15, 0.2) is 0 Å². The van der Waals surface area contributed by atoms with E-state index in [4.69, 9.17) is 0 Å². The van der Waals surface area contributed by atoms with E-state index in [0.717, 1.165) is 22.2 Å². The number of carbonyl (C=O) groups is 1. The smallest absolute Gasteiger partial charge is 0.318 e. The van der Waals surface area contributed by atoms with Crippen LogP contribution in [-0.2, 0) is 6.54 Å². The predicted octanol–water partition coefficient (Wildman–Crippen LogP) is 4.68. The fraction of sp³-hybridized carbons (Fsp3) is 0.200. The van der Waals surface area contributed by atoms with Gasteiger partial charge in [-0.15, -0.1) is 0 Å². The molecule has 3 aromatic rings. The van der Waals surface area contributed by atoms with E-state index in [1.54, 1.807) is 6.20 Å². The van der Waals surface area contributed by atoms with E-state index in [2.05, 4.69) is 10.3 Å². The fourth-order valence-corrected chi connectivity index (χ4v) is 2.66. The van der Waals surface area contributed by atoms with Crippen molar-refractivity contribution in [3.8, 4) is 0 Å². The van der Waals surface area contributed by atoms with Gasteiger partial charge < -0.3 is 10.2 Å². The largest absolute Gasteiger partial charge is 0.322 e. The zero-order valence-corrected chi connectivity index (χ0v) is 13.9. The molecule has 2 aromatic carbocycles. The normalized spacial score (nSPS) is 10.8. The summed E-state index contributed by atoms with van der Waals surface area (Å²) in [6, 6.07) is 19.7. The summed E-state index contributed by atoms with van der Waals surface area (Å²) >= 11 is 0. The van der Waals surface area contributed by atoms with Gasteiger partial charge in [-0.25, -0.2) is 4.79 Å². The first kappa shape index (κ1) is 16.0. The van der Waals surface area contributed by atoms with Gasteiger partial charge in [-0.2, -0.15) is 0 Å². The number of amides is 2. The molecule has 24 heavy (non-hydrogen) atoms. The molecule has 0 unspecified atom stereocenters. The second kappa shape index (κ2) is 7.13. The summed E-state index contributed by atoms with van der Waals surface area (Å²) < 4.78 is 0. The van der Waals surface area contributed by atoms with Crippen molar-refractivity contribution in [3.05, 3.63) is 72.4 Å². The van der Waals surface area contributed by atoms with Crippen LogP contribution in [0.5, 0.6) is 0 Å². The van der Waals surface area contributed by atoms with Crippen LogP contribution in [0.4, 0.5) is 10.5 Å². The number of fused-ring (bicyclic) bond motifs is 1. The van der Waals surface area contributed by atoms with Crippen LogP contribution < -0.4 is 5.32 Å². The molecule has 0 radical (unpaired) electrons. The number of hydrogen-bond acceptors (Lipinski definition) is 2. The maximum atomic E-state index is 12.8. The molecule has 0 spiro atoms. The Balaban J connectivity index is 1.83. The van der Waals surface area contributed by atoms with Gasteiger partial charge in [-0.1, -0.05) is 48.5 Å². The lowest BCUT2D eigenvalue weighted by Crippen LogP contribution is -2.39. The topological polar surface area (TPSA) is 45.2 Å². The monoisotopic (exact) mass is 319 g/mol. The van der Waals surface area contributed by atoms with Crippen LogP contribution in [-0.4, -0.2) is 22.0 Å². The summed E-state index contributed by atoms with van der Waals surface area (Å²) in [5, 5.41) is 4.02. The SMILES string of the molecule is CC(C)N(Cc1ccccc1)C(=O)Nc1cccc2cccnc12. The molecule has 1 aromatic heterocycles. The quantitative estimate of drug-likeness (QED) is 0.759. The highest BCUT2D eigenvalue weighted by atomic mass is 16.2. The highest BCUT2D eigenvalue weighted by Gasteiger charge is 2.18. The molecule has 0 saturated carbocycles.